The van der Waals surface area contributed by atoms with Gasteiger partial charge in [0, 0.05) is 0 Å². The first kappa shape index (κ1) is 16.3. The molecule has 110 valence electrons. The van der Waals surface area contributed by atoms with Gasteiger partial charge in [-0.2, -0.15) is 13.2 Å². The molecule has 0 aliphatic rings. The van der Waals surface area contributed by atoms with Gasteiger partial charge in [0.25, 0.3) is 0 Å². The molecule has 0 amide bonds. The minimum Gasteiger partial charge on any atom is -0.481 e. The summed E-state index contributed by atoms with van der Waals surface area (Å²) < 4.78 is 65.8. The number of nitrogens with one attached hydrogen (secondary N) is 1. The molecule has 0 saturated carbocycles. The molecular weight excluding hydrogens is 295 g/mol. The highest BCUT2D eigenvalue weighted by atomic mass is 32.2. The van der Waals surface area contributed by atoms with E-state index >= 15 is 0 Å². The highest BCUT2D eigenvalue weighted by Gasteiger charge is 2.30. The SMILES string of the molecule is CS(=O)(=O)NCC#CCOc1cccc(C(F)(F)F)c1. The van der Waals surface area contributed by atoms with Crippen LogP contribution in [0, 0.1) is 11.8 Å². The van der Waals surface area contributed by atoms with Gasteiger partial charge in [0.1, 0.15) is 12.4 Å². The van der Waals surface area contributed by atoms with Crippen molar-refractivity contribution in [3.8, 4) is 17.6 Å². The van der Waals surface area contributed by atoms with Crippen LogP contribution < -0.4 is 9.46 Å². The Balaban J connectivity index is 2.49. The van der Waals surface area contributed by atoms with Crippen LogP contribution in [0.2, 0.25) is 0 Å². The van der Waals surface area contributed by atoms with Gasteiger partial charge in [0.05, 0.1) is 18.4 Å². The van der Waals surface area contributed by atoms with Gasteiger partial charge in [-0.25, -0.2) is 13.1 Å². The van der Waals surface area contributed by atoms with Crippen LogP contribution in [0.25, 0.3) is 0 Å². The molecule has 0 atom stereocenters. The van der Waals surface area contributed by atoms with E-state index in [9.17, 15) is 21.6 Å². The van der Waals surface area contributed by atoms with Crippen molar-refractivity contribution in [2.45, 2.75) is 6.18 Å². The predicted molar refractivity (Wildman–Crippen MR) is 67.6 cm³/mol. The van der Waals surface area contributed by atoms with Crippen LogP contribution in [0.4, 0.5) is 13.2 Å². The second kappa shape index (κ2) is 6.63. The van der Waals surface area contributed by atoms with Crippen LogP contribution in [0.3, 0.4) is 0 Å². The van der Waals surface area contributed by atoms with Gasteiger partial charge < -0.3 is 4.74 Å². The van der Waals surface area contributed by atoms with Crippen LogP contribution in [0.5, 0.6) is 5.75 Å². The second-order valence-electron chi connectivity index (χ2n) is 3.76. The van der Waals surface area contributed by atoms with Crippen LogP contribution >= 0.6 is 0 Å². The Hall–Kier alpha value is -1.72. The lowest BCUT2D eigenvalue weighted by Crippen LogP contribution is -2.21. The molecule has 8 heteroatoms. The minimum absolute atomic E-state index is 0.0465. The first-order chi connectivity index (χ1) is 9.18. The molecule has 0 unspecified atom stereocenters. The van der Waals surface area contributed by atoms with Crippen LogP contribution in [-0.2, 0) is 16.2 Å². The third kappa shape index (κ3) is 6.45. The van der Waals surface area contributed by atoms with Gasteiger partial charge in [-0.05, 0) is 18.2 Å². The van der Waals surface area contributed by atoms with Crippen molar-refractivity contribution in [3.05, 3.63) is 29.8 Å². The Morgan fingerprint density at radius 3 is 2.60 bits per heavy atom. The number of alkyl halides is 3. The van der Waals surface area contributed by atoms with Crippen molar-refractivity contribution in [1.82, 2.24) is 4.72 Å². The molecule has 4 nitrogen and oxygen atoms in total. The maximum Gasteiger partial charge on any atom is 0.416 e. The lowest BCUT2D eigenvalue weighted by molar-refractivity contribution is -0.137. The van der Waals surface area contributed by atoms with Gasteiger partial charge in [-0.15, -0.1) is 0 Å². The average Bonchev–Trinajstić information content (AvgIpc) is 2.31. The van der Waals surface area contributed by atoms with Gasteiger partial charge in [-0.3, -0.25) is 0 Å². The molecular formula is C12H12F3NO3S. The Labute approximate surface area is 115 Å². The lowest BCUT2D eigenvalue weighted by Gasteiger charge is -2.08. The van der Waals surface area contributed by atoms with Gasteiger partial charge >= 0.3 is 6.18 Å². The monoisotopic (exact) mass is 307 g/mol. The molecule has 1 rings (SSSR count). The third-order valence-electron chi connectivity index (χ3n) is 2.02. The third-order valence-corrected chi connectivity index (χ3v) is 2.69. The van der Waals surface area contributed by atoms with E-state index in [0.717, 1.165) is 18.4 Å². The Morgan fingerprint density at radius 2 is 2.00 bits per heavy atom. The highest BCUT2D eigenvalue weighted by molar-refractivity contribution is 7.88. The standard InChI is InChI=1S/C12H12F3NO3S/c1-20(17,18)16-7-2-3-8-19-11-6-4-5-10(9-11)12(13,14)15/h4-6,9,16H,7-8H2,1H3. The normalized spacial score (nSPS) is 11.6. The average molecular weight is 307 g/mol. The molecule has 20 heavy (non-hydrogen) atoms. The number of halogens is 3. The quantitative estimate of drug-likeness (QED) is 0.860. The van der Waals surface area contributed by atoms with E-state index < -0.39 is 21.8 Å². The summed E-state index contributed by atoms with van der Waals surface area (Å²) in [5, 5.41) is 0. The van der Waals surface area contributed by atoms with E-state index in [1.165, 1.54) is 12.1 Å². The van der Waals surface area contributed by atoms with Crippen LogP contribution in [0.15, 0.2) is 24.3 Å². The van der Waals surface area contributed by atoms with Gasteiger partial charge in [-0.1, -0.05) is 17.9 Å². The maximum atomic E-state index is 12.4. The minimum atomic E-state index is -4.43. The molecule has 0 bridgehead atoms. The van der Waals surface area contributed by atoms with E-state index in [-0.39, 0.29) is 18.9 Å². The molecule has 1 aromatic carbocycles. The fourth-order valence-electron chi connectivity index (χ4n) is 1.16. The summed E-state index contributed by atoms with van der Waals surface area (Å²) in [6.07, 6.45) is -3.43. The van der Waals surface area contributed by atoms with Crippen molar-refractivity contribution in [2.24, 2.45) is 0 Å². The molecule has 0 heterocycles. The first-order valence-corrected chi connectivity index (χ1v) is 7.28. The molecule has 0 aromatic heterocycles. The van der Waals surface area contributed by atoms with E-state index in [0.29, 0.717) is 0 Å². The number of hydrogen-bond acceptors (Lipinski definition) is 3. The lowest BCUT2D eigenvalue weighted by atomic mass is 10.2. The summed E-state index contributed by atoms with van der Waals surface area (Å²) in [6, 6.07) is 4.42. The summed E-state index contributed by atoms with van der Waals surface area (Å²) in [7, 11) is -3.30. The van der Waals surface area contributed by atoms with Crippen molar-refractivity contribution in [3.63, 3.8) is 0 Å². The number of hydrogen-bond donors (Lipinski definition) is 1. The van der Waals surface area contributed by atoms with Crippen LogP contribution in [0.1, 0.15) is 5.56 Å². The van der Waals surface area contributed by atoms with Gasteiger partial charge in [0.15, 0.2) is 0 Å². The van der Waals surface area contributed by atoms with Crippen molar-refractivity contribution < 1.29 is 26.3 Å². The van der Waals surface area contributed by atoms with E-state index in [4.69, 9.17) is 4.74 Å². The molecule has 0 fully saturated rings. The summed E-state index contributed by atoms with van der Waals surface area (Å²) in [5.74, 6) is 5.00. The van der Waals surface area contributed by atoms with Crippen molar-refractivity contribution >= 4 is 10.0 Å². The zero-order chi connectivity index (χ0) is 15.2. The number of rotatable bonds is 4. The predicted octanol–water partition coefficient (Wildman–Crippen LogP) is 1.64. The maximum absolute atomic E-state index is 12.4. The van der Waals surface area contributed by atoms with E-state index in [1.807, 2.05) is 0 Å². The second-order valence-corrected chi connectivity index (χ2v) is 5.59. The Kier molecular flexibility index (Phi) is 5.42. The smallest absolute Gasteiger partial charge is 0.416 e. The summed E-state index contributed by atoms with van der Waals surface area (Å²) in [6.45, 7) is -0.211. The van der Waals surface area contributed by atoms with Crippen molar-refractivity contribution in [1.29, 1.82) is 0 Å². The molecule has 0 spiro atoms. The fraction of sp³-hybridized carbons (Fsp3) is 0.333. The van der Waals surface area contributed by atoms with E-state index in [2.05, 4.69) is 16.6 Å². The molecule has 0 aliphatic heterocycles. The fourth-order valence-corrected chi connectivity index (χ4v) is 1.50. The summed E-state index contributed by atoms with van der Waals surface area (Å²) in [4.78, 5) is 0. The summed E-state index contributed by atoms with van der Waals surface area (Å²) >= 11 is 0. The Bertz CT molecular complexity index is 615. The molecule has 0 aliphatic carbocycles. The zero-order valence-corrected chi connectivity index (χ0v) is 11.3. The number of ether oxygens (including phenoxy) is 1. The topological polar surface area (TPSA) is 55.4 Å². The van der Waals surface area contributed by atoms with Gasteiger partial charge in [0.2, 0.25) is 10.0 Å². The first-order valence-electron chi connectivity index (χ1n) is 5.39. The Morgan fingerprint density at radius 1 is 1.30 bits per heavy atom. The van der Waals surface area contributed by atoms with Crippen molar-refractivity contribution in [2.75, 3.05) is 19.4 Å². The van der Waals surface area contributed by atoms with E-state index in [1.54, 1.807) is 0 Å². The summed E-state index contributed by atoms with van der Waals surface area (Å²) in [5.41, 5.74) is -0.804. The molecule has 1 aromatic rings. The zero-order valence-electron chi connectivity index (χ0n) is 10.5. The number of benzene rings is 1. The molecule has 0 saturated heterocycles. The largest absolute Gasteiger partial charge is 0.481 e. The highest BCUT2D eigenvalue weighted by Crippen LogP contribution is 2.31. The number of sulfonamides is 1. The molecule has 0 radical (unpaired) electrons. The van der Waals surface area contributed by atoms with Crippen LogP contribution in [-0.4, -0.2) is 27.8 Å². The molecule has 1 N–H and O–H groups in total.